The molecule has 0 radical (unpaired) electrons. The highest BCUT2D eigenvalue weighted by atomic mass is 16.3. The van der Waals surface area contributed by atoms with Crippen molar-refractivity contribution in [2.75, 3.05) is 26.2 Å². The number of rotatable bonds is 20. The molecular formula is C26H55NO. The maximum Gasteiger partial charge on any atom is 0.0558 e. The number of hydrogen-bond donors (Lipinski definition) is 1. The molecule has 0 spiro atoms. The number of nitrogens with zero attached hydrogens (tertiary/aromatic N) is 1. The monoisotopic (exact) mass is 397 g/mol. The lowest BCUT2D eigenvalue weighted by Gasteiger charge is -2.32. The molecular weight excluding hydrogens is 342 g/mol. The average Bonchev–Trinajstić information content (AvgIpc) is 2.72. The van der Waals surface area contributed by atoms with Gasteiger partial charge in [0.25, 0.3) is 0 Å². The Morgan fingerprint density at radius 3 is 1.29 bits per heavy atom. The van der Waals surface area contributed by atoms with Crippen molar-refractivity contribution >= 4 is 0 Å². The number of aliphatic hydroxyl groups is 1. The third kappa shape index (κ3) is 13.2. The Kier molecular flexibility index (Phi) is 18.9. The molecule has 0 saturated carbocycles. The van der Waals surface area contributed by atoms with E-state index in [1.165, 1.54) is 90.1 Å². The van der Waals surface area contributed by atoms with Crippen LogP contribution in [0, 0.1) is 23.7 Å². The summed E-state index contributed by atoms with van der Waals surface area (Å²) < 4.78 is 0. The predicted molar refractivity (Wildman–Crippen MR) is 127 cm³/mol. The summed E-state index contributed by atoms with van der Waals surface area (Å²) in [6.45, 7) is 17.6. The lowest BCUT2D eigenvalue weighted by molar-refractivity contribution is 0.133. The van der Waals surface area contributed by atoms with Gasteiger partial charge in [-0.1, -0.05) is 106 Å². The molecule has 0 aliphatic heterocycles. The molecule has 0 aromatic rings. The maximum absolute atomic E-state index is 9.65. The Morgan fingerprint density at radius 2 is 1.00 bits per heavy atom. The molecule has 0 aromatic carbocycles. The number of unbranched alkanes of at least 4 members (excludes halogenated alkanes) is 2. The number of aliphatic hydroxyl groups excluding tert-OH is 1. The van der Waals surface area contributed by atoms with Gasteiger partial charge < -0.3 is 10.0 Å². The molecule has 28 heavy (non-hydrogen) atoms. The van der Waals surface area contributed by atoms with Crippen LogP contribution in [0.15, 0.2) is 0 Å². The minimum absolute atomic E-state index is 0.299. The van der Waals surface area contributed by atoms with E-state index in [9.17, 15) is 5.11 Å². The molecule has 0 aromatic heterocycles. The van der Waals surface area contributed by atoms with E-state index >= 15 is 0 Å². The smallest absolute Gasteiger partial charge is 0.0558 e. The topological polar surface area (TPSA) is 23.5 Å². The summed E-state index contributed by atoms with van der Waals surface area (Å²) in [5.74, 6) is 3.35. The van der Waals surface area contributed by atoms with E-state index in [1.807, 2.05) is 0 Å². The summed E-state index contributed by atoms with van der Waals surface area (Å²) in [4.78, 5) is 2.60. The van der Waals surface area contributed by atoms with Crippen LogP contribution in [0.5, 0.6) is 0 Å². The van der Waals surface area contributed by atoms with Gasteiger partial charge >= 0.3 is 0 Å². The zero-order chi connectivity index (χ0) is 21.2. The van der Waals surface area contributed by atoms with Crippen LogP contribution in [-0.2, 0) is 0 Å². The molecule has 0 unspecified atom stereocenters. The molecule has 0 saturated heterocycles. The van der Waals surface area contributed by atoms with Gasteiger partial charge in [0.2, 0.25) is 0 Å². The molecule has 0 fully saturated rings. The van der Waals surface area contributed by atoms with Crippen molar-refractivity contribution in [3.63, 3.8) is 0 Å². The van der Waals surface area contributed by atoms with Crippen LogP contribution in [0.1, 0.15) is 119 Å². The lowest BCUT2D eigenvalue weighted by atomic mass is 9.85. The van der Waals surface area contributed by atoms with E-state index in [1.54, 1.807) is 0 Å². The van der Waals surface area contributed by atoms with E-state index in [2.05, 4.69) is 46.4 Å². The largest absolute Gasteiger partial charge is 0.395 e. The van der Waals surface area contributed by atoms with Gasteiger partial charge in [0, 0.05) is 19.6 Å². The van der Waals surface area contributed by atoms with E-state index in [0.29, 0.717) is 6.61 Å². The third-order valence-corrected chi connectivity index (χ3v) is 7.02. The fourth-order valence-electron chi connectivity index (χ4n) is 4.78. The van der Waals surface area contributed by atoms with Crippen molar-refractivity contribution in [1.82, 2.24) is 4.90 Å². The summed E-state index contributed by atoms with van der Waals surface area (Å²) >= 11 is 0. The van der Waals surface area contributed by atoms with Gasteiger partial charge in [-0.05, 0) is 36.5 Å². The first-order valence-corrected chi connectivity index (χ1v) is 12.9. The molecule has 0 rings (SSSR count). The minimum Gasteiger partial charge on any atom is -0.395 e. The van der Waals surface area contributed by atoms with Gasteiger partial charge in [-0.3, -0.25) is 0 Å². The first-order valence-electron chi connectivity index (χ1n) is 12.9. The quantitative estimate of drug-likeness (QED) is 0.229. The highest BCUT2D eigenvalue weighted by Crippen LogP contribution is 2.27. The van der Waals surface area contributed by atoms with Crippen molar-refractivity contribution in [1.29, 1.82) is 0 Å². The Hall–Kier alpha value is -0.0800. The van der Waals surface area contributed by atoms with Crippen molar-refractivity contribution in [3.8, 4) is 0 Å². The molecule has 2 heteroatoms. The Morgan fingerprint density at radius 1 is 0.607 bits per heavy atom. The van der Waals surface area contributed by atoms with Gasteiger partial charge in [0.05, 0.1) is 6.61 Å². The fourth-order valence-corrected chi connectivity index (χ4v) is 4.78. The standard InChI is InChI=1S/C26H55NO/c1-7-13-15-23(9-3)19-25(11-5)21-27(17-18-28)22-26(12-6)20-24(10-4)16-14-8-2/h23-26,28H,7-22H2,1-6H3/t23-,24+,25-,26-/m0/s1. The Balaban J connectivity index is 4.76. The molecule has 1 N–H and O–H groups in total. The Labute approximate surface area is 178 Å². The van der Waals surface area contributed by atoms with Crippen LogP contribution >= 0.6 is 0 Å². The van der Waals surface area contributed by atoms with Crippen LogP contribution in [0.25, 0.3) is 0 Å². The third-order valence-electron chi connectivity index (χ3n) is 7.02. The molecule has 0 heterocycles. The van der Waals surface area contributed by atoms with Crippen molar-refractivity contribution < 1.29 is 5.11 Å². The molecule has 0 amide bonds. The van der Waals surface area contributed by atoms with E-state index in [4.69, 9.17) is 0 Å². The van der Waals surface area contributed by atoms with E-state index in [-0.39, 0.29) is 0 Å². The van der Waals surface area contributed by atoms with Crippen molar-refractivity contribution in [2.24, 2.45) is 23.7 Å². The minimum atomic E-state index is 0.299. The highest BCUT2D eigenvalue weighted by Gasteiger charge is 2.21. The van der Waals surface area contributed by atoms with Crippen molar-refractivity contribution in [2.45, 2.75) is 119 Å². The predicted octanol–water partition coefficient (Wildman–Crippen LogP) is 7.55. The van der Waals surface area contributed by atoms with Gasteiger partial charge in [-0.2, -0.15) is 0 Å². The maximum atomic E-state index is 9.65. The van der Waals surface area contributed by atoms with Crippen LogP contribution in [0.4, 0.5) is 0 Å². The summed E-state index contributed by atoms with van der Waals surface area (Å²) in [6.07, 6.45) is 16.1. The first kappa shape index (κ1) is 27.9. The SMILES string of the molecule is CCCC[C@@H](CC)C[C@H](CC)CN(CCO)C[C@@H](CC)C[C@@H](CC)CCCC. The van der Waals surface area contributed by atoms with Crippen molar-refractivity contribution in [3.05, 3.63) is 0 Å². The molecule has 170 valence electrons. The van der Waals surface area contributed by atoms with E-state index in [0.717, 1.165) is 30.2 Å². The van der Waals surface area contributed by atoms with Crippen LogP contribution < -0.4 is 0 Å². The molecule has 0 aliphatic rings. The Bertz CT molecular complexity index is 292. The second kappa shape index (κ2) is 18.9. The van der Waals surface area contributed by atoms with Gasteiger partial charge in [-0.25, -0.2) is 0 Å². The van der Waals surface area contributed by atoms with Crippen LogP contribution in [-0.4, -0.2) is 36.2 Å². The summed E-state index contributed by atoms with van der Waals surface area (Å²) in [7, 11) is 0. The highest BCUT2D eigenvalue weighted by molar-refractivity contribution is 4.74. The van der Waals surface area contributed by atoms with Gasteiger partial charge in [-0.15, -0.1) is 0 Å². The molecule has 4 atom stereocenters. The van der Waals surface area contributed by atoms with Crippen LogP contribution in [0.2, 0.25) is 0 Å². The fraction of sp³-hybridized carbons (Fsp3) is 1.00. The summed E-state index contributed by atoms with van der Waals surface area (Å²) in [5.41, 5.74) is 0. The molecule has 0 bridgehead atoms. The second-order valence-electron chi connectivity index (χ2n) is 9.34. The molecule has 2 nitrogen and oxygen atoms in total. The van der Waals surface area contributed by atoms with E-state index < -0.39 is 0 Å². The van der Waals surface area contributed by atoms with Crippen LogP contribution in [0.3, 0.4) is 0 Å². The first-order chi connectivity index (χ1) is 13.6. The normalized spacial score (nSPS) is 16.3. The zero-order valence-corrected chi connectivity index (χ0v) is 20.5. The zero-order valence-electron chi connectivity index (χ0n) is 20.5. The molecule has 0 aliphatic carbocycles. The number of hydrogen-bond acceptors (Lipinski definition) is 2. The lowest BCUT2D eigenvalue weighted by Crippen LogP contribution is -2.37. The summed E-state index contributed by atoms with van der Waals surface area (Å²) in [6, 6.07) is 0. The summed E-state index contributed by atoms with van der Waals surface area (Å²) in [5, 5.41) is 9.65. The second-order valence-corrected chi connectivity index (χ2v) is 9.34. The van der Waals surface area contributed by atoms with Gasteiger partial charge in [0.1, 0.15) is 0 Å². The average molecular weight is 398 g/mol. The van der Waals surface area contributed by atoms with Gasteiger partial charge in [0.15, 0.2) is 0 Å².